The van der Waals surface area contributed by atoms with Gasteiger partial charge in [-0.3, -0.25) is 9.97 Å². The Morgan fingerprint density at radius 3 is 1.07 bits per heavy atom. The second-order valence-electron chi connectivity index (χ2n) is 34.8. The van der Waals surface area contributed by atoms with Crippen molar-refractivity contribution in [2.24, 2.45) is 0 Å². The molecule has 0 fully saturated rings. The molecule has 3 spiro atoms. The highest BCUT2D eigenvalue weighted by molar-refractivity contribution is 6.06. The van der Waals surface area contributed by atoms with E-state index in [9.17, 15) is 0 Å². The molecule has 8 aliphatic rings. The average molecular weight is 1560 g/mol. The van der Waals surface area contributed by atoms with Gasteiger partial charge in [-0.1, -0.05) is 305 Å². The van der Waals surface area contributed by atoms with E-state index < -0.39 is 16.2 Å². The summed E-state index contributed by atoms with van der Waals surface area (Å²) in [5.74, 6) is 1.66. The zero-order valence-corrected chi connectivity index (χ0v) is 67.5. The maximum atomic E-state index is 6.61. The van der Waals surface area contributed by atoms with E-state index in [1.54, 1.807) is 0 Å². The van der Waals surface area contributed by atoms with Gasteiger partial charge in [-0.25, -0.2) is 0 Å². The lowest BCUT2D eigenvalue weighted by Crippen LogP contribution is -2.30. The van der Waals surface area contributed by atoms with Gasteiger partial charge in [0.2, 0.25) is 0 Å². The normalized spacial score (nSPS) is 16.4. The fourth-order valence-corrected chi connectivity index (χ4v) is 23.9. The molecule has 6 aliphatic carbocycles. The highest BCUT2D eigenvalue weighted by Gasteiger charge is 2.56. The molecular weight excluding hydrogens is 1490 g/mol. The molecule has 2 unspecified atom stereocenters. The first kappa shape index (κ1) is 68.4. The van der Waals surface area contributed by atoms with E-state index in [1.165, 1.54) is 167 Å². The first-order valence-electron chi connectivity index (χ1n) is 42.9. The topological polar surface area (TPSA) is 41.5 Å². The molecular formula is C118H74N4O. The maximum absolute atomic E-state index is 6.61. The summed E-state index contributed by atoms with van der Waals surface area (Å²) < 4.78 is 6.61. The van der Waals surface area contributed by atoms with Crippen LogP contribution in [0.3, 0.4) is 0 Å². The van der Waals surface area contributed by atoms with E-state index in [-0.39, 0.29) is 5.41 Å². The Balaban J connectivity index is 0.573. The Hall–Kier alpha value is -15.6. The van der Waals surface area contributed by atoms with Gasteiger partial charge in [0.05, 0.1) is 44.7 Å². The molecule has 572 valence electrons. The molecule has 2 atom stereocenters. The van der Waals surface area contributed by atoms with Crippen LogP contribution in [-0.4, -0.2) is 9.97 Å². The number of anilines is 6. The van der Waals surface area contributed by atoms with E-state index in [0.29, 0.717) is 0 Å². The van der Waals surface area contributed by atoms with Crippen molar-refractivity contribution in [3.63, 3.8) is 0 Å². The van der Waals surface area contributed by atoms with Gasteiger partial charge in [-0.15, -0.1) is 0 Å². The molecule has 19 aromatic rings. The van der Waals surface area contributed by atoms with E-state index in [0.717, 1.165) is 78.9 Å². The third-order valence-electron chi connectivity index (χ3n) is 28.8. The lowest BCUT2D eigenvalue weighted by atomic mass is 9.70. The third kappa shape index (κ3) is 8.94. The van der Waals surface area contributed by atoms with Crippen LogP contribution in [0, 0.1) is 0 Å². The smallest absolute Gasteiger partial charge is 0.151 e. The predicted octanol–water partition coefficient (Wildman–Crippen LogP) is 29.5. The van der Waals surface area contributed by atoms with Gasteiger partial charge >= 0.3 is 0 Å². The van der Waals surface area contributed by atoms with Crippen molar-refractivity contribution in [3.8, 4) is 134 Å². The lowest BCUT2D eigenvalue weighted by molar-refractivity contribution is 0.477. The fraction of sp³-hybridized carbons (Fsp3) is 0.0508. The Morgan fingerprint density at radius 1 is 0.220 bits per heavy atom. The summed E-state index contributed by atoms with van der Waals surface area (Å²) >= 11 is 0. The van der Waals surface area contributed by atoms with Crippen molar-refractivity contribution < 1.29 is 4.74 Å². The molecule has 17 aromatic carbocycles. The van der Waals surface area contributed by atoms with Crippen molar-refractivity contribution in [1.82, 2.24) is 9.97 Å². The zero-order chi connectivity index (χ0) is 80.8. The minimum Gasteiger partial charge on any atom is -0.453 e. The highest BCUT2D eigenvalue weighted by Crippen LogP contribution is 2.70. The maximum Gasteiger partial charge on any atom is 0.151 e. The number of rotatable bonds is 7. The van der Waals surface area contributed by atoms with Crippen molar-refractivity contribution in [2.75, 3.05) is 9.80 Å². The van der Waals surface area contributed by atoms with Crippen molar-refractivity contribution in [1.29, 1.82) is 0 Å². The lowest BCUT2D eigenvalue weighted by Gasteiger charge is -2.42. The molecule has 0 radical (unpaired) electrons. The van der Waals surface area contributed by atoms with Gasteiger partial charge < -0.3 is 14.5 Å². The van der Waals surface area contributed by atoms with Gasteiger partial charge in [-0.05, 0) is 281 Å². The van der Waals surface area contributed by atoms with E-state index >= 15 is 0 Å². The van der Waals surface area contributed by atoms with Gasteiger partial charge in [-0.2, -0.15) is 0 Å². The van der Waals surface area contributed by atoms with Crippen LogP contribution in [0.5, 0.6) is 11.5 Å². The minimum atomic E-state index is -0.614. The van der Waals surface area contributed by atoms with Crippen LogP contribution >= 0.6 is 0 Å². The molecule has 0 saturated heterocycles. The zero-order valence-electron chi connectivity index (χ0n) is 67.5. The number of ether oxygens (including phenoxy) is 1. The molecule has 5 heteroatoms. The number of para-hydroxylation sites is 6. The monoisotopic (exact) mass is 1560 g/mol. The van der Waals surface area contributed by atoms with Crippen LogP contribution in [0.2, 0.25) is 0 Å². The average Bonchev–Trinajstić information content (AvgIpc) is 1.51. The van der Waals surface area contributed by atoms with Crippen LogP contribution in [0.15, 0.2) is 413 Å². The van der Waals surface area contributed by atoms with Crippen LogP contribution in [0.4, 0.5) is 34.1 Å². The minimum absolute atomic E-state index is 0.164. The van der Waals surface area contributed by atoms with E-state index in [2.05, 4.69) is 418 Å². The van der Waals surface area contributed by atoms with Gasteiger partial charge in [0, 0.05) is 52.1 Å². The summed E-state index contributed by atoms with van der Waals surface area (Å²) in [5.41, 5.74) is 49.0. The number of aromatic nitrogens is 2. The highest BCUT2D eigenvalue weighted by atomic mass is 16.5. The second kappa shape index (κ2) is 25.0. The Bertz CT molecular complexity index is 7720. The Labute approximate surface area is 714 Å². The fourth-order valence-electron chi connectivity index (χ4n) is 23.9. The van der Waals surface area contributed by atoms with Crippen molar-refractivity contribution in [3.05, 3.63) is 491 Å². The van der Waals surface area contributed by atoms with E-state index in [4.69, 9.17) is 14.7 Å². The van der Waals surface area contributed by atoms with Gasteiger partial charge in [0.1, 0.15) is 0 Å². The molecule has 123 heavy (non-hydrogen) atoms. The molecule has 2 aliphatic heterocycles. The summed E-state index contributed by atoms with van der Waals surface area (Å²) in [4.78, 5) is 15.1. The molecule has 0 N–H and O–H groups in total. The van der Waals surface area contributed by atoms with Crippen LogP contribution in [0.25, 0.3) is 123 Å². The van der Waals surface area contributed by atoms with Crippen molar-refractivity contribution >= 4 is 34.1 Å². The first-order valence-corrected chi connectivity index (χ1v) is 42.9. The number of pyridine rings is 2. The third-order valence-corrected chi connectivity index (χ3v) is 28.8. The van der Waals surface area contributed by atoms with Gasteiger partial charge in [0.25, 0.3) is 0 Å². The first-order chi connectivity index (χ1) is 60.8. The molecule has 5 nitrogen and oxygen atoms in total. The Morgan fingerprint density at radius 2 is 0.561 bits per heavy atom. The molecule has 27 rings (SSSR count). The number of hydrogen-bond donors (Lipinski definition) is 0. The van der Waals surface area contributed by atoms with Gasteiger partial charge in [0.15, 0.2) is 11.5 Å². The Kier molecular flexibility index (Phi) is 13.9. The SMILES string of the molecule is CC1(C)c2ccccc2N(c2ccc3c(c2)-c2ccccc2C32c3ccccc3-c3c(-c4ccc(-c5cc(-c6cccnc6)cc(-c6ccc7c(c6)-c6ccccc6C76c7ccccc7-c7c(-c8ccc9c(c8)-c8cc(N%10c%11ccccc%11Oc%11ccccc%11%10)ccc8C98c9ccccc9-c9ccccc98)cccc76)c5)cn4)cccc32)c2ccccc21. The van der Waals surface area contributed by atoms with Crippen LogP contribution in [0.1, 0.15) is 91.7 Å². The molecule has 0 amide bonds. The van der Waals surface area contributed by atoms with Crippen molar-refractivity contribution in [2.45, 2.75) is 35.5 Å². The molecule has 0 saturated carbocycles. The predicted molar refractivity (Wildman–Crippen MR) is 500 cm³/mol. The van der Waals surface area contributed by atoms with Crippen LogP contribution in [-0.2, 0) is 21.7 Å². The summed E-state index contributed by atoms with van der Waals surface area (Å²) in [5, 5.41) is 0. The number of hydrogen-bond acceptors (Lipinski definition) is 5. The summed E-state index contributed by atoms with van der Waals surface area (Å²) in [6, 6.07) is 149. The second-order valence-corrected chi connectivity index (χ2v) is 34.8. The summed E-state index contributed by atoms with van der Waals surface area (Å²) in [6.45, 7) is 4.72. The number of benzene rings is 17. The van der Waals surface area contributed by atoms with Crippen LogP contribution < -0.4 is 14.5 Å². The number of fused-ring (bicyclic) bond motifs is 34. The molecule has 0 bridgehead atoms. The summed E-state index contributed by atoms with van der Waals surface area (Å²) in [7, 11) is 0. The van der Waals surface area contributed by atoms with E-state index in [1.807, 2.05) is 18.5 Å². The standard InChI is InChI=1S/C118H74N4O/c1-115(2)102-41-15-17-45-107(102)121(108-46-18-16-42-103(108)115)78-54-58-100-90(67-78)84-30-6-12-38-95(84)118(100)97-40-14-8-32-86(97)114-87(34-24-44-105(114)118)106-60-53-74(70-120-106)77-63-75(62-76(64-77)73-26-25-61-119-69-73)71-51-56-98-88(65-71)83-29-5-11-37-94(83)117(98)96-39-13-7-31-85(96)113-80(33-23-43-104(113)117)72-52-57-99-89(66-72)91-68-79(122-109-47-19-21-49-111(109)123-112-50-22-20-48-110(112)122)55-59-101(91)116(99)92-35-9-3-27-81(92)82-28-4-10-36-93(82)116/h3-70H,1-2H3. The molecule has 2 aromatic heterocycles. The quantitative estimate of drug-likeness (QED) is 0.159. The largest absolute Gasteiger partial charge is 0.453 e. The number of nitrogens with zero attached hydrogens (tertiary/aromatic N) is 4. The summed E-state index contributed by atoms with van der Waals surface area (Å²) in [6.07, 6.45) is 5.94. The molecule has 4 heterocycles.